The normalized spacial score (nSPS) is 27.4. The van der Waals surface area contributed by atoms with Crippen molar-refractivity contribution < 1.29 is 5.11 Å². The molecular weight excluding hydrogens is 246 g/mol. The third-order valence-electron chi connectivity index (χ3n) is 5.31. The van der Waals surface area contributed by atoms with Crippen molar-refractivity contribution in [1.29, 1.82) is 0 Å². The Balaban J connectivity index is 1.74. The lowest BCUT2D eigenvalue weighted by Crippen LogP contribution is -2.42. The van der Waals surface area contributed by atoms with E-state index in [9.17, 15) is 5.11 Å². The number of nitrogens with one attached hydrogen (secondary N) is 1. The minimum atomic E-state index is -0.748. The van der Waals surface area contributed by atoms with Gasteiger partial charge in [-0.25, -0.2) is 0 Å². The van der Waals surface area contributed by atoms with Crippen molar-refractivity contribution in [3.63, 3.8) is 0 Å². The van der Waals surface area contributed by atoms with Crippen LogP contribution in [0.15, 0.2) is 24.3 Å². The maximum atomic E-state index is 10.8. The zero-order chi connectivity index (χ0) is 14.0. The number of aliphatic hydroxyl groups is 1. The Morgan fingerprint density at radius 1 is 1.00 bits per heavy atom. The largest absolute Gasteiger partial charge is 0.384 e. The number of hydrogen-bond acceptors (Lipinski definition) is 2. The Bertz CT molecular complexity index is 425. The highest BCUT2D eigenvalue weighted by molar-refractivity contribution is 5.30. The van der Waals surface area contributed by atoms with Crippen LogP contribution in [0.1, 0.15) is 68.9 Å². The molecule has 0 amide bonds. The standard InChI is InChI=1S/C18H27NO/c1-18(20,17-8-5-13-19-17)16-11-9-15(10-12-16)14-6-3-2-4-7-14/h9-12,14,17,19-20H,2-8,13H2,1H3. The van der Waals surface area contributed by atoms with Gasteiger partial charge in [0.25, 0.3) is 0 Å². The summed E-state index contributed by atoms with van der Waals surface area (Å²) in [7, 11) is 0. The Morgan fingerprint density at radius 2 is 1.70 bits per heavy atom. The summed E-state index contributed by atoms with van der Waals surface area (Å²) in [5.41, 5.74) is 1.77. The first kappa shape index (κ1) is 14.1. The van der Waals surface area contributed by atoms with E-state index in [-0.39, 0.29) is 6.04 Å². The van der Waals surface area contributed by atoms with Crippen LogP contribution in [0.5, 0.6) is 0 Å². The van der Waals surface area contributed by atoms with Crippen molar-refractivity contribution >= 4 is 0 Å². The first-order valence-corrected chi connectivity index (χ1v) is 8.24. The minimum absolute atomic E-state index is 0.197. The third kappa shape index (κ3) is 2.77. The summed E-state index contributed by atoms with van der Waals surface area (Å²) < 4.78 is 0. The molecule has 1 aromatic carbocycles. The van der Waals surface area contributed by atoms with Gasteiger partial charge < -0.3 is 10.4 Å². The van der Waals surface area contributed by atoms with Gasteiger partial charge in [0.1, 0.15) is 5.60 Å². The Morgan fingerprint density at radius 3 is 2.30 bits per heavy atom. The molecule has 0 aromatic heterocycles. The van der Waals surface area contributed by atoms with Gasteiger partial charge in [0.05, 0.1) is 0 Å². The molecular formula is C18H27NO. The third-order valence-corrected chi connectivity index (χ3v) is 5.31. The summed E-state index contributed by atoms with van der Waals surface area (Å²) in [6.45, 7) is 2.98. The summed E-state index contributed by atoms with van der Waals surface area (Å²) in [6.07, 6.45) is 9.04. The van der Waals surface area contributed by atoms with Crippen molar-refractivity contribution in [2.75, 3.05) is 6.54 Å². The van der Waals surface area contributed by atoms with Crippen LogP contribution in [0, 0.1) is 0 Å². The van der Waals surface area contributed by atoms with E-state index in [4.69, 9.17) is 0 Å². The monoisotopic (exact) mass is 273 g/mol. The molecule has 1 aromatic rings. The summed E-state index contributed by atoms with van der Waals surface area (Å²) in [5.74, 6) is 0.743. The quantitative estimate of drug-likeness (QED) is 0.880. The summed E-state index contributed by atoms with van der Waals surface area (Å²) in [5, 5.41) is 14.2. The van der Waals surface area contributed by atoms with Gasteiger partial charge in [-0.15, -0.1) is 0 Å². The zero-order valence-corrected chi connectivity index (χ0v) is 12.6. The Kier molecular flexibility index (Phi) is 4.13. The van der Waals surface area contributed by atoms with Crippen molar-refractivity contribution in [2.45, 2.75) is 69.4 Å². The van der Waals surface area contributed by atoms with Gasteiger partial charge in [0, 0.05) is 6.04 Å². The molecule has 2 N–H and O–H groups in total. The molecule has 2 unspecified atom stereocenters. The molecule has 0 spiro atoms. The molecule has 1 aliphatic heterocycles. The molecule has 1 saturated heterocycles. The SMILES string of the molecule is CC(O)(c1ccc(C2CCCCC2)cc1)C1CCCN1. The van der Waals surface area contributed by atoms with Crippen LogP contribution in [-0.2, 0) is 5.60 Å². The molecule has 110 valence electrons. The molecule has 1 saturated carbocycles. The van der Waals surface area contributed by atoms with Gasteiger partial charge >= 0.3 is 0 Å². The average Bonchev–Trinajstić information content (AvgIpc) is 3.03. The molecule has 1 heterocycles. The fourth-order valence-electron chi connectivity index (χ4n) is 3.89. The maximum absolute atomic E-state index is 10.8. The summed E-state index contributed by atoms with van der Waals surface area (Å²) >= 11 is 0. The smallest absolute Gasteiger partial charge is 0.102 e. The van der Waals surface area contributed by atoms with Gasteiger partial charge in [0.2, 0.25) is 0 Å². The van der Waals surface area contributed by atoms with E-state index in [1.807, 2.05) is 6.92 Å². The second-order valence-corrected chi connectivity index (χ2v) is 6.75. The molecule has 1 aliphatic carbocycles. The van der Waals surface area contributed by atoms with Crippen LogP contribution in [0.2, 0.25) is 0 Å². The van der Waals surface area contributed by atoms with Gasteiger partial charge in [-0.1, -0.05) is 43.5 Å². The van der Waals surface area contributed by atoms with Crippen molar-refractivity contribution in [1.82, 2.24) is 5.32 Å². The van der Waals surface area contributed by atoms with Crippen LogP contribution < -0.4 is 5.32 Å². The van der Waals surface area contributed by atoms with Crippen molar-refractivity contribution in [2.24, 2.45) is 0 Å². The lowest BCUT2D eigenvalue weighted by atomic mass is 9.82. The molecule has 2 aliphatic rings. The first-order valence-electron chi connectivity index (χ1n) is 8.24. The van der Waals surface area contributed by atoms with E-state index < -0.39 is 5.60 Å². The van der Waals surface area contributed by atoms with Crippen LogP contribution in [-0.4, -0.2) is 17.7 Å². The van der Waals surface area contributed by atoms with E-state index in [0.29, 0.717) is 0 Å². The molecule has 0 radical (unpaired) electrons. The average molecular weight is 273 g/mol. The van der Waals surface area contributed by atoms with E-state index in [1.54, 1.807) is 0 Å². The molecule has 2 heteroatoms. The van der Waals surface area contributed by atoms with E-state index in [1.165, 1.54) is 44.1 Å². The highest BCUT2D eigenvalue weighted by Gasteiger charge is 2.35. The van der Waals surface area contributed by atoms with Gasteiger partial charge in [-0.05, 0) is 56.2 Å². The second kappa shape index (κ2) is 5.87. The number of benzene rings is 1. The number of rotatable bonds is 3. The van der Waals surface area contributed by atoms with Crippen LogP contribution in [0.4, 0.5) is 0 Å². The van der Waals surface area contributed by atoms with Crippen LogP contribution in [0.25, 0.3) is 0 Å². The van der Waals surface area contributed by atoms with Crippen molar-refractivity contribution in [3.8, 4) is 0 Å². The maximum Gasteiger partial charge on any atom is 0.102 e. The highest BCUT2D eigenvalue weighted by atomic mass is 16.3. The summed E-state index contributed by atoms with van der Waals surface area (Å²) in [4.78, 5) is 0. The zero-order valence-electron chi connectivity index (χ0n) is 12.6. The van der Waals surface area contributed by atoms with E-state index in [0.717, 1.165) is 24.4 Å². The Hall–Kier alpha value is -0.860. The number of hydrogen-bond donors (Lipinski definition) is 2. The molecule has 2 atom stereocenters. The van der Waals surface area contributed by atoms with E-state index >= 15 is 0 Å². The van der Waals surface area contributed by atoms with Gasteiger partial charge in [-0.3, -0.25) is 0 Å². The lowest BCUT2D eigenvalue weighted by Gasteiger charge is -2.31. The topological polar surface area (TPSA) is 32.3 Å². The predicted molar refractivity (Wildman–Crippen MR) is 82.9 cm³/mol. The fourth-order valence-corrected chi connectivity index (χ4v) is 3.89. The highest BCUT2D eigenvalue weighted by Crippen LogP contribution is 2.35. The predicted octanol–water partition coefficient (Wildman–Crippen LogP) is 3.69. The van der Waals surface area contributed by atoms with Gasteiger partial charge in [0.15, 0.2) is 0 Å². The Labute approximate surface area is 122 Å². The molecule has 20 heavy (non-hydrogen) atoms. The molecule has 2 fully saturated rings. The van der Waals surface area contributed by atoms with Gasteiger partial charge in [-0.2, -0.15) is 0 Å². The molecule has 0 bridgehead atoms. The second-order valence-electron chi connectivity index (χ2n) is 6.75. The molecule has 3 rings (SSSR count). The molecule has 2 nitrogen and oxygen atoms in total. The van der Waals surface area contributed by atoms with E-state index in [2.05, 4.69) is 29.6 Å². The van der Waals surface area contributed by atoms with Crippen LogP contribution >= 0.6 is 0 Å². The lowest BCUT2D eigenvalue weighted by molar-refractivity contribution is 0.0218. The summed E-state index contributed by atoms with van der Waals surface area (Å²) in [6, 6.07) is 8.97. The first-order chi connectivity index (χ1) is 9.68. The fraction of sp³-hybridized carbons (Fsp3) is 0.667. The minimum Gasteiger partial charge on any atom is -0.384 e. The van der Waals surface area contributed by atoms with Crippen LogP contribution in [0.3, 0.4) is 0 Å². The van der Waals surface area contributed by atoms with Crippen molar-refractivity contribution in [3.05, 3.63) is 35.4 Å².